The smallest absolute Gasteiger partial charge is 0.225 e. The van der Waals surface area contributed by atoms with E-state index in [2.05, 4.69) is 26.2 Å². The summed E-state index contributed by atoms with van der Waals surface area (Å²) in [6.45, 7) is 3.88. The maximum atomic E-state index is 12.6. The summed E-state index contributed by atoms with van der Waals surface area (Å²) in [5, 5.41) is 2.96. The summed E-state index contributed by atoms with van der Waals surface area (Å²) < 4.78 is 0.894. The largest absolute Gasteiger partial charge is 0.343 e. The highest BCUT2D eigenvalue weighted by atomic mass is 79.9. The number of carbonyl (C=O) groups excluding carboxylic acids is 2. The Labute approximate surface area is 187 Å². The Kier molecular flexibility index (Phi) is 7.64. The summed E-state index contributed by atoms with van der Waals surface area (Å²) in [6, 6.07) is 12.2. The van der Waals surface area contributed by atoms with Gasteiger partial charge in [0.05, 0.1) is 0 Å². The monoisotopic (exact) mass is 471 g/mol. The van der Waals surface area contributed by atoms with Gasteiger partial charge in [-0.2, -0.15) is 0 Å². The highest BCUT2D eigenvalue weighted by Crippen LogP contribution is 2.31. The van der Waals surface area contributed by atoms with Crippen molar-refractivity contribution in [2.45, 2.75) is 52.0 Å². The van der Waals surface area contributed by atoms with Gasteiger partial charge >= 0.3 is 0 Å². The Bertz CT molecular complexity index is 877. The topological polar surface area (TPSA) is 62.3 Å². The van der Waals surface area contributed by atoms with Gasteiger partial charge in [-0.1, -0.05) is 44.2 Å². The molecule has 1 fully saturated rings. The molecule has 0 bridgehead atoms. The van der Waals surface area contributed by atoms with Crippen molar-refractivity contribution in [1.29, 1.82) is 0 Å². The van der Waals surface area contributed by atoms with Gasteiger partial charge in [-0.25, -0.2) is 4.98 Å². The second-order valence-corrected chi connectivity index (χ2v) is 9.30. The maximum absolute atomic E-state index is 12.6. The molecule has 6 heteroatoms. The molecule has 0 aliphatic heterocycles. The lowest BCUT2D eigenvalue weighted by Gasteiger charge is -2.35. The summed E-state index contributed by atoms with van der Waals surface area (Å²) in [5.74, 6) is 1.15. The molecule has 3 rings (SSSR count). The van der Waals surface area contributed by atoms with Crippen molar-refractivity contribution in [2.75, 3.05) is 12.4 Å². The normalized spacial score (nSPS) is 18.8. The van der Waals surface area contributed by atoms with E-state index in [1.54, 1.807) is 6.20 Å². The van der Waals surface area contributed by atoms with E-state index in [1.165, 1.54) is 0 Å². The number of nitrogens with one attached hydrogen (secondary N) is 1. The first-order valence-electron chi connectivity index (χ1n) is 10.6. The Morgan fingerprint density at radius 3 is 2.47 bits per heavy atom. The van der Waals surface area contributed by atoms with Crippen molar-refractivity contribution < 1.29 is 9.59 Å². The number of nitrogens with zero attached hydrogens (tertiary/aromatic N) is 2. The van der Waals surface area contributed by atoms with E-state index in [4.69, 9.17) is 0 Å². The van der Waals surface area contributed by atoms with Gasteiger partial charge in [0.2, 0.25) is 11.8 Å². The van der Waals surface area contributed by atoms with Gasteiger partial charge in [0.15, 0.2) is 0 Å². The van der Waals surface area contributed by atoms with E-state index in [9.17, 15) is 9.59 Å². The van der Waals surface area contributed by atoms with E-state index in [-0.39, 0.29) is 17.7 Å². The van der Waals surface area contributed by atoms with Gasteiger partial charge in [-0.3, -0.25) is 9.59 Å². The first-order valence-corrected chi connectivity index (χ1v) is 11.4. The lowest BCUT2D eigenvalue weighted by atomic mass is 9.83. The van der Waals surface area contributed by atoms with Gasteiger partial charge in [0.25, 0.3) is 0 Å². The van der Waals surface area contributed by atoms with Crippen LogP contribution >= 0.6 is 15.9 Å². The molecule has 5 nitrogen and oxygen atoms in total. The van der Waals surface area contributed by atoms with E-state index in [1.807, 2.05) is 62.2 Å². The molecule has 30 heavy (non-hydrogen) atoms. The van der Waals surface area contributed by atoms with E-state index < -0.39 is 0 Å². The SMILES string of the molecule is CC(C)C(=O)N(C)C1CCC(CC(=O)Nc2cc(-c3ccccc3)c(Br)cn2)CC1. The van der Waals surface area contributed by atoms with Crippen LogP contribution in [0.1, 0.15) is 46.0 Å². The second-order valence-electron chi connectivity index (χ2n) is 8.45. The third-order valence-corrected chi connectivity index (χ3v) is 6.52. The molecule has 2 amide bonds. The number of aromatic nitrogens is 1. The van der Waals surface area contributed by atoms with Crippen molar-refractivity contribution in [3.8, 4) is 11.1 Å². The van der Waals surface area contributed by atoms with Crippen LogP contribution in [0.25, 0.3) is 11.1 Å². The number of pyridine rings is 1. The summed E-state index contributed by atoms with van der Waals surface area (Å²) >= 11 is 3.55. The zero-order chi connectivity index (χ0) is 21.7. The number of benzene rings is 1. The van der Waals surface area contributed by atoms with Crippen molar-refractivity contribution in [3.63, 3.8) is 0 Å². The maximum Gasteiger partial charge on any atom is 0.225 e. The quantitative estimate of drug-likeness (QED) is 0.603. The molecule has 1 aromatic carbocycles. The van der Waals surface area contributed by atoms with Crippen molar-refractivity contribution in [3.05, 3.63) is 47.1 Å². The van der Waals surface area contributed by atoms with Crippen molar-refractivity contribution in [1.82, 2.24) is 9.88 Å². The van der Waals surface area contributed by atoms with Gasteiger partial charge in [0.1, 0.15) is 5.82 Å². The molecular weight excluding hydrogens is 442 g/mol. The molecule has 1 heterocycles. The summed E-state index contributed by atoms with van der Waals surface area (Å²) in [7, 11) is 1.91. The lowest BCUT2D eigenvalue weighted by Crippen LogP contribution is -2.41. The summed E-state index contributed by atoms with van der Waals surface area (Å²) in [6.07, 6.45) is 6.08. The number of hydrogen-bond donors (Lipinski definition) is 1. The van der Waals surface area contributed by atoms with Crippen LogP contribution in [0.15, 0.2) is 47.1 Å². The van der Waals surface area contributed by atoms with Crippen LogP contribution in [-0.2, 0) is 9.59 Å². The standard InChI is InChI=1S/C24H30BrN3O2/c1-16(2)24(30)28(3)19-11-9-17(10-12-19)13-23(29)27-22-14-20(21(25)15-26-22)18-7-5-4-6-8-18/h4-8,14-17,19H,9-13H2,1-3H3,(H,26,27,29). The minimum absolute atomic E-state index is 0.00102. The fraction of sp³-hybridized carbons (Fsp3) is 0.458. The predicted molar refractivity (Wildman–Crippen MR) is 124 cm³/mol. The molecule has 1 aromatic heterocycles. The van der Waals surface area contributed by atoms with Gasteiger partial charge in [-0.05, 0) is 59.2 Å². The molecule has 1 N–H and O–H groups in total. The van der Waals surface area contributed by atoms with Gasteiger partial charge in [0, 0.05) is 41.7 Å². The van der Waals surface area contributed by atoms with Crippen LogP contribution in [0.3, 0.4) is 0 Å². The highest BCUT2D eigenvalue weighted by molar-refractivity contribution is 9.10. The Hall–Kier alpha value is -2.21. The second kappa shape index (κ2) is 10.2. The molecule has 0 radical (unpaired) electrons. The fourth-order valence-electron chi connectivity index (χ4n) is 4.13. The number of amides is 2. The Morgan fingerprint density at radius 1 is 1.17 bits per heavy atom. The first kappa shape index (κ1) is 22.5. The first-order chi connectivity index (χ1) is 14.3. The van der Waals surface area contributed by atoms with Gasteiger partial charge in [-0.15, -0.1) is 0 Å². The molecular formula is C24H30BrN3O2. The van der Waals surface area contributed by atoms with Crippen LogP contribution in [0.4, 0.5) is 5.82 Å². The summed E-state index contributed by atoms with van der Waals surface area (Å²) in [4.78, 5) is 31.1. The fourth-order valence-corrected chi connectivity index (χ4v) is 4.57. The number of halogens is 1. The molecule has 1 aliphatic carbocycles. The number of anilines is 1. The number of hydrogen-bond acceptors (Lipinski definition) is 3. The third kappa shape index (κ3) is 5.69. The number of rotatable bonds is 6. The third-order valence-electron chi connectivity index (χ3n) is 5.89. The van der Waals surface area contributed by atoms with Crippen LogP contribution < -0.4 is 5.32 Å². The van der Waals surface area contributed by atoms with Crippen LogP contribution in [0.2, 0.25) is 0 Å². The molecule has 0 spiro atoms. The van der Waals surface area contributed by atoms with E-state index in [0.29, 0.717) is 24.2 Å². The molecule has 2 aromatic rings. The minimum atomic E-state index is -0.00102. The molecule has 0 atom stereocenters. The molecule has 0 unspecified atom stereocenters. The Balaban J connectivity index is 1.54. The molecule has 0 saturated heterocycles. The Morgan fingerprint density at radius 2 is 1.83 bits per heavy atom. The lowest BCUT2D eigenvalue weighted by molar-refractivity contribution is -0.136. The van der Waals surface area contributed by atoms with Crippen LogP contribution in [0.5, 0.6) is 0 Å². The summed E-state index contributed by atoms with van der Waals surface area (Å²) in [5.41, 5.74) is 2.07. The van der Waals surface area contributed by atoms with E-state index >= 15 is 0 Å². The van der Waals surface area contributed by atoms with Crippen LogP contribution in [-0.4, -0.2) is 34.8 Å². The zero-order valence-corrected chi connectivity index (χ0v) is 19.5. The molecule has 1 saturated carbocycles. The average Bonchev–Trinajstić information content (AvgIpc) is 2.75. The molecule has 160 valence electrons. The van der Waals surface area contributed by atoms with E-state index in [0.717, 1.165) is 41.3 Å². The van der Waals surface area contributed by atoms with Crippen LogP contribution in [0, 0.1) is 11.8 Å². The zero-order valence-electron chi connectivity index (χ0n) is 17.9. The minimum Gasteiger partial charge on any atom is -0.343 e. The average molecular weight is 472 g/mol. The van der Waals surface area contributed by atoms with Crippen molar-refractivity contribution in [2.24, 2.45) is 11.8 Å². The molecule has 1 aliphatic rings. The van der Waals surface area contributed by atoms with Gasteiger partial charge < -0.3 is 10.2 Å². The van der Waals surface area contributed by atoms with Crippen molar-refractivity contribution >= 4 is 33.6 Å². The highest BCUT2D eigenvalue weighted by Gasteiger charge is 2.28. The predicted octanol–water partition coefficient (Wildman–Crippen LogP) is 5.51. The number of carbonyl (C=O) groups is 2.